The Labute approximate surface area is 120 Å². The van der Waals surface area contributed by atoms with E-state index in [1.807, 2.05) is 24.0 Å². The molecule has 4 heteroatoms. The SMILES string of the molecule is CCN(Cc1cc(O)ccc1Br)c1cccc(F)c1. The zero-order chi connectivity index (χ0) is 13.8. The molecule has 0 aliphatic carbocycles. The van der Waals surface area contributed by atoms with Crippen LogP contribution in [-0.2, 0) is 6.54 Å². The van der Waals surface area contributed by atoms with E-state index < -0.39 is 0 Å². The summed E-state index contributed by atoms with van der Waals surface area (Å²) < 4.78 is 14.2. The molecule has 0 spiro atoms. The molecule has 0 aliphatic rings. The Balaban J connectivity index is 2.26. The molecule has 2 aromatic carbocycles. The molecule has 2 aromatic rings. The molecule has 100 valence electrons. The topological polar surface area (TPSA) is 23.5 Å². The Morgan fingerprint density at radius 2 is 2.00 bits per heavy atom. The number of hydrogen-bond donors (Lipinski definition) is 1. The van der Waals surface area contributed by atoms with E-state index in [0.29, 0.717) is 6.54 Å². The fraction of sp³-hybridized carbons (Fsp3) is 0.200. The van der Waals surface area contributed by atoms with Crippen LogP contribution >= 0.6 is 15.9 Å². The Kier molecular flexibility index (Phi) is 4.43. The first kappa shape index (κ1) is 13.9. The molecule has 0 radical (unpaired) electrons. The molecular weight excluding hydrogens is 309 g/mol. The number of benzene rings is 2. The van der Waals surface area contributed by atoms with E-state index in [1.165, 1.54) is 12.1 Å². The molecule has 0 amide bonds. The zero-order valence-corrected chi connectivity index (χ0v) is 12.2. The van der Waals surface area contributed by atoms with Crippen LogP contribution in [0.3, 0.4) is 0 Å². The lowest BCUT2D eigenvalue weighted by molar-refractivity contribution is 0.474. The van der Waals surface area contributed by atoms with Crippen LogP contribution in [0, 0.1) is 5.82 Å². The quantitative estimate of drug-likeness (QED) is 0.905. The van der Waals surface area contributed by atoms with Gasteiger partial charge in [-0.15, -0.1) is 0 Å². The van der Waals surface area contributed by atoms with Crippen molar-refractivity contribution in [1.82, 2.24) is 0 Å². The zero-order valence-electron chi connectivity index (χ0n) is 10.6. The van der Waals surface area contributed by atoms with E-state index >= 15 is 0 Å². The van der Waals surface area contributed by atoms with Crippen LogP contribution in [0.5, 0.6) is 5.75 Å². The van der Waals surface area contributed by atoms with Crippen molar-refractivity contribution in [2.24, 2.45) is 0 Å². The summed E-state index contributed by atoms with van der Waals surface area (Å²) in [5, 5.41) is 9.54. The maximum atomic E-state index is 13.3. The molecule has 0 atom stereocenters. The molecule has 0 saturated carbocycles. The number of rotatable bonds is 4. The van der Waals surface area contributed by atoms with E-state index in [0.717, 1.165) is 22.3 Å². The number of hydrogen-bond acceptors (Lipinski definition) is 2. The molecule has 0 aromatic heterocycles. The predicted molar refractivity (Wildman–Crippen MR) is 78.9 cm³/mol. The molecule has 0 bridgehead atoms. The van der Waals surface area contributed by atoms with Crippen molar-refractivity contribution in [1.29, 1.82) is 0 Å². The number of halogens is 2. The number of anilines is 1. The maximum Gasteiger partial charge on any atom is 0.125 e. The van der Waals surface area contributed by atoms with Gasteiger partial charge in [0.05, 0.1) is 0 Å². The predicted octanol–water partition coefficient (Wildman–Crippen LogP) is 4.32. The minimum absolute atomic E-state index is 0.230. The summed E-state index contributed by atoms with van der Waals surface area (Å²) in [5.74, 6) is -0.0144. The average Bonchev–Trinajstić information content (AvgIpc) is 2.39. The third-order valence-corrected chi connectivity index (χ3v) is 3.72. The monoisotopic (exact) mass is 323 g/mol. The highest BCUT2D eigenvalue weighted by Crippen LogP contribution is 2.25. The van der Waals surface area contributed by atoms with Crippen LogP contribution in [0.4, 0.5) is 10.1 Å². The third-order valence-electron chi connectivity index (χ3n) is 2.95. The highest BCUT2D eigenvalue weighted by atomic mass is 79.9. The summed E-state index contributed by atoms with van der Waals surface area (Å²) in [6, 6.07) is 11.7. The molecule has 1 N–H and O–H groups in total. The number of aromatic hydroxyl groups is 1. The Bertz CT molecular complexity index is 574. The highest BCUT2D eigenvalue weighted by Gasteiger charge is 2.09. The van der Waals surface area contributed by atoms with E-state index in [4.69, 9.17) is 0 Å². The molecular formula is C15H15BrFNO. The van der Waals surface area contributed by atoms with Crippen molar-refractivity contribution >= 4 is 21.6 Å². The van der Waals surface area contributed by atoms with Gasteiger partial charge < -0.3 is 10.0 Å². The van der Waals surface area contributed by atoms with Crippen molar-refractivity contribution in [3.63, 3.8) is 0 Å². The van der Waals surface area contributed by atoms with Crippen molar-refractivity contribution in [3.05, 3.63) is 58.3 Å². The normalized spacial score (nSPS) is 10.5. The largest absolute Gasteiger partial charge is 0.508 e. The lowest BCUT2D eigenvalue weighted by atomic mass is 10.2. The van der Waals surface area contributed by atoms with Gasteiger partial charge in [0.2, 0.25) is 0 Å². The first-order chi connectivity index (χ1) is 9.10. The summed E-state index contributed by atoms with van der Waals surface area (Å²) in [4.78, 5) is 2.04. The second-order valence-corrected chi connectivity index (χ2v) is 5.12. The molecule has 0 aliphatic heterocycles. The van der Waals surface area contributed by atoms with Gasteiger partial charge >= 0.3 is 0 Å². The van der Waals surface area contributed by atoms with E-state index in [2.05, 4.69) is 15.9 Å². The van der Waals surface area contributed by atoms with E-state index in [1.54, 1.807) is 18.2 Å². The molecule has 0 unspecified atom stereocenters. The van der Waals surface area contributed by atoms with E-state index in [9.17, 15) is 9.50 Å². The summed E-state index contributed by atoms with van der Waals surface area (Å²) in [6.07, 6.45) is 0. The Hall–Kier alpha value is -1.55. The van der Waals surface area contributed by atoms with Gasteiger partial charge in [0.15, 0.2) is 0 Å². The van der Waals surface area contributed by atoms with Gasteiger partial charge in [0, 0.05) is 23.2 Å². The van der Waals surface area contributed by atoms with Crippen molar-refractivity contribution in [3.8, 4) is 5.75 Å². The maximum absolute atomic E-state index is 13.3. The van der Waals surface area contributed by atoms with Gasteiger partial charge in [-0.25, -0.2) is 4.39 Å². The van der Waals surface area contributed by atoms with Crippen molar-refractivity contribution in [2.75, 3.05) is 11.4 Å². The van der Waals surface area contributed by atoms with Gasteiger partial charge in [0.1, 0.15) is 11.6 Å². The third kappa shape index (κ3) is 3.47. The van der Waals surface area contributed by atoms with Crippen molar-refractivity contribution in [2.45, 2.75) is 13.5 Å². The van der Waals surface area contributed by atoms with Crippen LogP contribution < -0.4 is 4.90 Å². The standard InChI is InChI=1S/C15H15BrFNO/c1-2-18(13-5-3-4-12(17)9-13)10-11-8-14(19)6-7-15(11)16/h3-9,19H,2,10H2,1H3. The van der Waals surface area contributed by atoms with Gasteiger partial charge in [0.25, 0.3) is 0 Å². The first-order valence-corrected chi connectivity index (χ1v) is 6.87. The average molecular weight is 324 g/mol. The second-order valence-electron chi connectivity index (χ2n) is 4.27. The molecule has 2 rings (SSSR count). The van der Waals surface area contributed by atoms with Gasteiger partial charge in [-0.1, -0.05) is 22.0 Å². The summed E-state index contributed by atoms with van der Waals surface area (Å²) in [6.45, 7) is 3.38. The van der Waals surface area contributed by atoms with Gasteiger partial charge in [-0.2, -0.15) is 0 Å². The Morgan fingerprint density at radius 3 is 2.68 bits per heavy atom. The lowest BCUT2D eigenvalue weighted by Crippen LogP contribution is -2.22. The first-order valence-electron chi connectivity index (χ1n) is 6.08. The molecule has 2 nitrogen and oxygen atoms in total. The smallest absolute Gasteiger partial charge is 0.125 e. The molecule has 19 heavy (non-hydrogen) atoms. The van der Waals surface area contributed by atoms with Crippen LogP contribution in [0.25, 0.3) is 0 Å². The molecule has 0 heterocycles. The lowest BCUT2D eigenvalue weighted by Gasteiger charge is -2.24. The minimum Gasteiger partial charge on any atom is -0.508 e. The van der Waals surface area contributed by atoms with Gasteiger partial charge in [-0.3, -0.25) is 0 Å². The molecule has 0 fully saturated rings. The number of nitrogens with zero attached hydrogens (tertiary/aromatic N) is 1. The fourth-order valence-corrected chi connectivity index (χ4v) is 2.32. The van der Waals surface area contributed by atoms with Gasteiger partial charge in [-0.05, 0) is 48.9 Å². The highest BCUT2D eigenvalue weighted by molar-refractivity contribution is 9.10. The Morgan fingerprint density at radius 1 is 1.21 bits per heavy atom. The van der Waals surface area contributed by atoms with Crippen molar-refractivity contribution < 1.29 is 9.50 Å². The summed E-state index contributed by atoms with van der Waals surface area (Å²) >= 11 is 3.46. The fourth-order valence-electron chi connectivity index (χ4n) is 1.95. The summed E-state index contributed by atoms with van der Waals surface area (Å²) in [7, 11) is 0. The van der Waals surface area contributed by atoms with Crippen LogP contribution in [-0.4, -0.2) is 11.7 Å². The van der Waals surface area contributed by atoms with Crippen LogP contribution in [0.2, 0.25) is 0 Å². The van der Waals surface area contributed by atoms with Crippen LogP contribution in [0.1, 0.15) is 12.5 Å². The molecule has 0 saturated heterocycles. The van der Waals surface area contributed by atoms with Crippen LogP contribution in [0.15, 0.2) is 46.9 Å². The summed E-state index contributed by atoms with van der Waals surface area (Å²) in [5.41, 5.74) is 1.80. The number of phenols is 1. The minimum atomic E-state index is -0.245. The number of phenolic OH excluding ortho intramolecular Hbond substituents is 1. The van der Waals surface area contributed by atoms with E-state index in [-0.39, 0.29) is 11.6 Å². The second kappa shape index (κ2) is 6.06.